The number of nitrogens with zero attached hydrogens (tertiary/aromatic N) is 3. The van der Waals surface area contributed by atoms with Gasteiger partial charge in [-0.15, -0.1) is 0 Å². The Hall–Kier alpha value is -0.900. The molecular weight excluding hydrogens is 182 g/mol. The molecule has 2 heterocycles. The molecule has 3 nitrogen and oxygen atoms in total. The van der Waals surface area contributed by atoms with E-state index in [0.717, 1.165) is 23.7 Å². The number of hydrogen-bond donors (Lipinski definition) is 0. The summed E-state index contributed by atoms with van der Waals surface area (Å²) < 4.78 is 2.01. The van der Waals surface area contributed by atoms with Gasteiger partial charge in [0.05, 0.1) is 11.4 Å². The highest BCUT2D eigenvalue weighted by molar-refractivity contribution is 7.14. The van der Waals surface area contributed by atoms with Crippen molar-refractivity contribution in [1.82, 2.24) is 14.6 Å². The SMILES string of the molecule is CC1CCc2nc3scnn3c2C1. The molecule has 0 radical (unpaired) electrons. The molecule has 0 bridgehead atoms. The van der Waals surface area contributed by atoms with Crippen LogP contribution in [0.3, 0.4) is 0 Å². The Labute approximate surface area is 80.4 Å². The maximum Gasteiger partial charge on any atom is 0.212 e. The summed E-state index contributed by atoms with van der Waals surface area (Å²) in [6.07, 6.45) is 3.55. The molecule has 1 atom stereocenters. The highest BCUT2D eigenvalue weighted by Gasteiger charge is 2.21. The minimum Gasteiger partial charge on any atom is -0.222 e. The third kappa shape index (κ3) is 1.01. The molecule has 2 aromatic rings. The summed E-state index contributed by atoms with van der Waals surface area (Å²) >= 11 is 1.62. The van der Waals surface area contributed by atoms with E-state index in [0.29, 0.717) is 0 Å². The van der Waals surface area contributed by atoms with Gasteiger partial charge in [-0.05, 0) is 25.2 Å². The average molecular weight is 193 g/mol. The summed E-state index contributed by atoms with van der Waals surface area (Å²) in [6, 6.07) is 0. The van der Waals surface area contributed by atoms with Crippen LogP contribution in [0, 0.1) is 5.92 Å². The Morgan fingerprint density at radius 3 is 3.46 bits per heavy atom. The highest BCUT2D eigenvalue weighted by atomic mass is 32.1. The molecule has 0 saturated carbocycles. The molecule has 1 aliphatic carbocycles. The summed E-state index contributed by atoms with van der Waals surface area (Å²) in [5, 5.41) is 4.30. The summed E-state index contributed by atoms with van der Waals surface area (Å²) in [6.45, 7) is 2.30. The quantitative estimate of drug-likeness (QED) is 0.640. The summed E-state index contributed by atoms with van der Waals surface area (Å²) in [5.74, 6) is 0.786. The van der Waals surface area contributed by atoms with Crippen LogP contribution in [0.25, 0.3) is 4.96 Å². The topological polar surface area (TPSA) is 30.2 Å². The Bertz CT molecular complexity index is 443. The molecule has 0 aromatic carbocycles. The lowest BCUT2D eigenvalue weighted by Gasteiger charge is -2.16. The standard InChI is InChI=1S/C9H11N3S/c1-6-2-3-7-8(4-6)12-9(11-7)13-5-10-12/h5-6H,2-4H2,1H3. The van der Waals surface area contributed by atoms with Gasteiger partial charge in [-0.25, -0.2) is 9.50 Å². The van der Waals surface area contributed by atoms with E-state index >= 15 is 0 Å². The first kappa shape index (κ1) is 7.50. The fourth-order valence-corrected chi connectivity index (χ4v) is 2.65. The van der Waals surface area contributed by atoms with Gasteiger partial charge in [0.15, 0.2) is 0 Å². The molecule has 0 N–H and O–H groups in total. The minimum atomic E-state index is 0.786. The molecule has 1 unspecified atom stereocenters. The van der Waals surface area contributed by atoms with E-state index in [-0.39, 0.29) is 0 Å². The molecule has 1 aliphatic rings. The zero-order valence-corrected chi connectivity index (χ0v) is 8.34. The lowest BCUT2D eigenvalue weighted by molar-refractivity contribution is 0.484. The van der Waals surface area contributed by atoms with Crippen LogP contribution in [0.15, 0.2) is 5.51 Å². The molecule has 0 saturated heterocycles. The van der Waals surface area contributed by atoms with Crippen LogP contribution in [0.4, 0.5) is 0 Å². The van der Waals surface area contributed by atoms with Crippen molar-refractivity contribution < 1.29 is 0 Å². The van der Waals surface area contributed by atoms with Gasteiger partial charge in [-0.3, -0.25) is 0 Å². The number of rotatable bonds is 0. The van der Waals surface area contributed by atoms with Gasteiger partial charge in [0.2, 0.25) is 4.96 Å². The number of fused-ring (bicyclic) bond motifs is 3. The van der Waals surface area contributed by atoms with Crippen molar-refractivity contribution >= 4 is 16.3 Å². The van der Waals surface area contributed by atoms with Gasteiger partial charge >= 0.3 is 0 Å². The first-order valence-corrected chi connectivity index (χ1v) is 5.52. The van der Waals surface area contributed by atoms with E-state index in [1.807, 2.05) is 10.0 Å². The molecule has 0 fully saturated rings. The Morgan fingerprint density at radius 2 is 2.54 bits per heavy atom. The van der Waals surface area contributed by atoms with E-state index in [1.54, 1.807) is 11.3 Å². The number of aryl methyl sites for hydroxylation is 1. The average Bonchev–Trinajstić information content (AvgIpc) is 2.64. The second-order valence-corrected chi connectivity index (χ2v) is 4.60. The molecular formula is C9H11N3S. The monoisotopic (exact) mass is 193 g/mol. The van der Waals surface area contributed by atoms with Crippen LogP contribution in [-0.2, 0) is 12.8 Å². The van der Waals surface area contributed by atoms with Crippen molar-refractivity contribution in [2.75, 3.05) is 0 Å². The van der Waals surface area contributed by atoms with E-state index in [2.05, 4.69) is 17.0 Å². The van der Waals surface area contributed by atoms with Crippen molar-refractivity contribution in [2.45, 2.75) is 26.2 Å². The van der Waals surface area contributed by atoms with Crippen molar-refractivity contribution in [1.29, 1.82) is 0 Å². The van der Waals surface area contributed by atoms with Crippen LogP contribution in [0.1, 0.15) is 24.7 Å². The highest BCUT2D eigenvalue weighted by Crippen LogP contribution is 2.26. The van der Waals surface area contributed by atoms with Gasteiger partial charge in [0.25, 0.3) is 0 Å². The van der Waals surface area contributed by atoms with Crippen molar-refractivity contribution in [2.24, 2.45) is 5.92 Å². The van der Waals surface area contributed by atoms with Gasteiger partial charge < -0.3 is 0 Å². The van der Waals surface area contributed by atoms with Crippen molar-refractivity contribution in [3.63, 3.8) is 0 Å². The van der Waals surface area contributed by atoms with Crippen LogP contribution >= 0.6 is 11.3 Å². The Morgan fingerprint density at radius 1 is 1.62 bits per heavy atom. The Balaban J connectivity index is 2.24. The fourth-order valence-electron chi connectivity index (χ4n) is 2.00. The van der Waals surface area contributed by atoms with Gasteiger partial charge in [0.1, 0.15) is 5.51 Å². The summed E-state index contributed by atoms with van der Waals surface area (Å²) in [4.78, 5) is 5.62. The zero-order chi connectivity index (χ0) is 8.84. The first-order chi connectivity index (χ1) is 6.34. The van der Waals surface area contributed by atoms with E-state index < -0.39 is 0 Å². The summed E-state index contributed by atoms with van der Waals surface area (Å²) in [7, 11) is 0. The zero-order valence-electron chi connectivity index (χ0n) is 7.53. The molecule has 3 rings (SSSR count). The Kier molecular flexibility index (Phi) is 1.47. The third-order valence-electron chi connectivity index (χ3n) is 2.74. The summed E-state index contributed by atoms with van der Waals surface area (Å²) in [5.41, 5.74) is 4.48. The fraction of sp³-hybridized carbons (Fsp3) is 0.556. The molecule has 0 aliphatic heterocycles. The molecule has 0 amide bonds. The second-order valence-electron chi connectivity index (χ2n) is 3.79. The molecule has 4 heteroatoms. The number of imidazole rings is 1. The van der Waals surface area contributed by atoms with Crippen LogP contribution < -0.4 is 0 Å². The predicted octanol–water partition coefficient (Wildman–Crippen LogP) is 1.92. The lowest BCUT2D eigenvalue weighted by Crippen LogP contribution is -2.12. The number of aromatic nitrogens is 3. The van der Waals surface area contributed by atoms with Crippen LogP contribution in [0.2, 0.25) is 0 Å². The van der Waals surface area contributed by atoms with Crippen LogP contribution in [0.5, 0.6) is 0 Å². The van der Waals surface area contributed by atoms with Gasteiger partial charge in [0, 0.05) is 0 Å². The van der Waals surface area contributed by atoms with Crippen molar-refractivity contribution in [3.05, 3.63) is 16.9 Å². The number of hydrogen-bond acceptors (Lipinski definition) is 3. The van der Waals surface area contributed by atoms with Gasteiger partial charge in [-0.1, -0.05) is 18.3 Å². The predicted molar refractivity (Wildman–Crippen MR) is 52.1 cm³/mol. The molecule has 13 heavy (non-hydrogen) atoms. The third-order valence-corrected chi connectivity index (χ3v) is 3.41. The van der Waals surface area contributed by atoms with E-state index in [1.165, 1.54) is 17.8 Å². The molecule has 2 aromatic heterocycles. The first-order valence-electron chi connectivity index (χ1n) is 4.64. The van der Waals surface area contributed by atoms with Crippen molar-refractivity contribution in [3.8, 4) is 0 Å². The maximum absolute atomic E-state index is 4.57. The lowest BCUT2D eigenvalue weighted by atomic mass is 9.92. The molecule has 68 valence electrons. The molecule has 0 spiro atoms. The van der Waals surface area contributed by atoms with E-state index in [9.17, 15) is 0 Å². The smallest absolute Gasteiger partial charge is 0.212 e. The van der Waals surface area contributed by atoms with Gasteiger partial charge in [-0.2, -0.15) is 5.10 Å². The van der Waals surface area contributed by atoms with E-state index in [4.69, 9.17) is 0 Å². The van der Waals surface area contributed by atoms with Crippen LogP contribution in [-0.4, -0.2) is 14.6 Å². The maximum atomic E-state index is 4.57. The second kappa shape index (κ2) is 2.54. The normalized spacial score (nSPS) is 22.1. The minimum absolute atomic E-state index is 0.786. The largest absolute Gasteiger partial charge is 0.222 e.